The fourth-order valence-electron chi connectivity index (χ4n) is 2.65. The van der Waals surface area contributed by atoms with Gasteiger partial charge in [0.25, 0.3) is 5.65 Å². The molecule has 118 valence electrons. The molecule has 0 atom stereocenters. The minimum Gasteiger partial charge on any atom is -0.454 e. The zero-order chi connectivity index (χ0) is 16.0. The number of hydrogen-bond donors (Lipinski definition) is 2. The molecule has 7 nitrogen and oxygen atoms in total. The first-order valence-electron chi connectivity index (χ1n) is 7.51. The summed E-state index contributed by atoms with van der Waals surface area (Å²) in [6, 6.07) is 5.82. The maximum Gasteiger partial charge on any atom is 0.334 e. The summed E-state index contributed by atoms with van der Waals surface area (Å²) in [7, 11) is 0. The van der Waals surface area contributed by atoms with Crippen molar-refractivity contribution < 1.29 is 14.0 Å². The van der Waals surface area contributed by atoms with Crippen molar-refractivity contribution in [2.45, 2.75) is 26.3 Å². The molecule has 3 aromatic rings. The molecule has 0 fully saturated rings. The summed E-state index contributed by atoms with van der Waals surface area (Å²) in [5.41, 5.74) is 2.02. The number of nitrogens with one attached hydrogen (secondary N) is 2. The van der Waals surface area contributed by atoms with Crippen LogP contribution in [0.5, 0.6) is 11.5 Å². The van der Waals surface area contributed by atoms with Crippen molar-refractivity contribution in [1.29, 1.82) is 0 Å². The molecule has 1 aliphatic heterocycles. The Morgan fingerprint density at radius 2 is 2.13 bits per heavy atom. The van der Waals surface area contributed by atoms with Crippen LogP contribution in [0, 0.1) is 0 Å². The highest BCUT2D eigenvalue weighted by Crippen LogP contribution is 2.32. The first-order chi connectivity index (χ1) is 11.1. The molecule has 0 amide bonds. The Kier molecular flexibility index (Phi) is 3.07. The van der Waals surface area contributed by atoms with E-state index in [9.17, 15) is 4.79 Å². The Bertz CT molecular complexity index is 942. The normalized spacial score (nSPS) is 13.2. The molecule has 0 saturated carbocycles. The van der Waals surface area contributed by atoms with Crippen LogP contribution < -0.4 is 19.6 Å². The number of aromatic amines is 2. The molecule has 1 aliphatic rings. The molecule has 0 bridgehead atoms. The van der Waals surface area contributed by atoms with E-state index in [-0.39, 0.29) is 18.3 Å². The minimum absolute atomic E-state index is 0.165. The van der Waals surface area contributed by atoms with Gasteiger partial charge in [-0.3, -0.25) is 0 Å². The van der Waals surface area contributed by atoms with E-state index in [1.165, 1.54) is 0 Å². The molecule has 1 aromatic carbocycles. The molecule has 2 N–H and O–H groups in total. The number of aromatic nitrogens is 4. The van der Waals surface area contributed by atoms with Crippen LogP contribution in [0.1, 0.15) is 31.2 Å². The summed E-state index contributed by atoms with van der Waals surface area (Å²) >= 11 is 0. The number of hydrogen-bond acceptors (Lipinski definition) is 4. The highest BCUT2D eigenvalue weighted by Gasteiger charge is 2.20. The molecule has 0 radical (unpaired) electrons. The fourth-order valence-corrected chi connectivity index (χ4v) is 2.65. The number of imidazole rings is 1. The topological polar surface area (TPSA) is 83.9 Å². The zero-order valence-electron chi connectivity index (χ0n) is 12.9. The molecule has 0 saturated heterocycles. The average Bonchev–Trinajstić information content (AvgIpc) is 3.16. The van der Waals surface area contributed by atoms with Gasteiger partial charge >= 0.3 is 5.56 Å². The van der Waals surface area contributed by atoms with Crippen molar-refractivity contribution in [1.82, 2.24) is 15.0 Å². The van der Waals surface area contributed by atoms with Gasteiger partial charge in [-0.1, -0.05) is 24.9 Å². The third kappa shape index (κ3) is 2.34. The van der Waals surface area contributed by atoms with Crippen molar-refractivity contribution in [3.05, 3.63) is 46.3 Å². The van der Waals surface area contributed by atoms with Gasteiger partial charge in [-0.2, -0.15) is 0 Å². The highest BCUT2D eigenvalue weighted by molar-refractivity contribution is 5.65. The Morgan fingerprint density at radius 3 is 2.96 bits per heavy atom. The van der Waals surface area contributed by atoms with Gasteiger partial charge in [-0.25, -0.2) is 14.3 Å². The second kappa shape index (κ2) is 5.12. The summed E-state index contributed by atoms with van der Waals surface area (Å²) in [6.45, 7) is 4.90. The summed E-state index contributed by atoms with van der Waals surface area (Å²) < 4.78 is 12.6. The summed E-state index contributed by atoms with van der Waals surface area (Å²) in [5, 5.41) is 0. The lowest BCUT2D eigenvalue weighted by Gasteiger charge is -2.03. The van der Waals surface area contributed by atoms with Gasteiger partial charge in [0.1, 0.15) is 0 Å². The first-order valence-corrected chi connectivity index (χ1v) is 7.51. The van der Waals surface area contributed by atoms with Crippen LogP contribution in [0.15, 0.2) is 29.3 Å². The van der Waals surface area contributed by atoms with Crippen LogP contribution in [-0.4, -0.2) is 21.7 Å². The van der Waals surface area contributed by atoms with E-state index in [0.717, 1.165) is 22.9 Å². The predicted octanol–water partition coefficient (Wildman–Crippen LogP) is 1.44. The van der Waals surface area contributed by atoms with E-state index >= 15 is 0 Å². The maximum atomic E-state index is 12.0. The molecule has 7 heteroatoms. The standard InChI is InChI=1S/C16H16N4O3/c1-9(2)14-18-13-15(19-14)20(7-17-16(13)21)6-10-3-4-11-12(5-10)23-8-22-11/h3-5,7,9H,6,8H2,1-2H3,(H,18,19,21)/p+1. The number of ether oxygens (including phenoxy) is 2. The van der Waals surface area contributed by atoms with Crippen molar-refractivity contribution in [3.63, 3.8) is 0 Å². The summed E-state index contributed by atoms with van der Waals surface area (Å²) in [6.07, 6.45) is 1.65. The molecule has 23 heavy (non-hydrogen) atoms. The molecule has 2 aromatic heterocycles. The number of benzene rings is 1. The lowest BCUT2D eigenvalue weighted by atomic mass is 10.2. The largest absolute Gasteiger partial charge is 0.454 e. The Morgan fingerprint density at radius 1 is 1.30 bits per heavy atom. The molecule has 4 rings (SSSR count). The molecular formula is C16H17N4O3+. The lowest BCUT2D eigenvalue weighted by molar-refractivity contribution is -0.667. The van der Waals surface area contributed by atoms with Crippen LogP contribution in [0.25, 0.3) is 11.2 Å². The first kappa shape index (κ1) is 13.8. The van der Waals surface area contributed by atoms with Gasteiger partial charge < -0.3 is 14.5 Å². The van der Waals surface area contributed by atoms with Crippen molar-refractivity contribution >= 4 is 11.2 Å². The van der Waals surface area contributed by atoms with Gasteiger partial charge in [0.15, 0.2) is 23.7 Å². The van der Waals surface area contributed by atoms with E-state index in [4.69, 9.17) is 9.47 Å². The third-order valence-corrected chi connectivity index (χ3v) is 3.89. The maximum absolute atomic E-state index is 12.0. The van der Waals surface area contributed by atoms with E-state index < -0.39 is 0 Å². The second-order valence-electron chi connectivity index (χ2n) is 5.89. The predicted molar refractivity (Wildman–Crippen MR) is 82.7 cm³/mol. The van der Waals surface area contributed by atoms with E-state index in [0.29, 0.717) is 17.7 Å². The van der Waals surface area contributed by atoms with Gasteiger partial charge in [0, 0.05) is 5.92 Å². The number of rotatable bonds is 3. The Hall–Kier alpha value is -2.83. The van der Waals surface area contributed by atoms with Gasteiger partial charge in [0.2, 0.25) is 12.3 Å². The van der Waals surface area contributed by atoms with Crippen LogP contribution in [0.4, 0.5) is 0 Å². The van der Waals surface area contributed by atoms with Gasteiger partial charge in [-0.15, -0.1) is 0 Å². The Labute approximate surface area is 131 Å². The molecule has 0 aliphatic carbocycles. The van der Waals surface area contributed by atoms with Crippen LogP contribution in [0.3, 0.4) is 0 Å². The van der Waals surface area contributed by atoms with E-state index in [1.54, 1.807) is 6.33 Å². The number of nitrogens with zero attached hydrogens (tertiary/aromatic N) is 2. The summed E-state index contributed by atoms with van der Waals surface area (Å²) in [4.78, 5) is 22.4. The van der Waals surface area contributed by atoms with Gasteiger partial charge in [0.05, 0.1) is 6.54 Å². The van der Waals surface area contributed by atoms with Crippen molar-refractivity contribution in [2.75, 3.05) is 6.79 Å². The van der Waals surface area contributed by atoms with E-state index in [2.05, 4.69) is 15.0 Å². The quantitative estimate of drug-likeness (QED) is 0.717. The lowest BCUT2D eigenvalue weighted by Crippen LogP contribution is -2.38. The van der Waals surface area contributed by atoms with Crippen molar-refractivity contribution in [2.24, 2.45) is 0 Å². The van der Waals surface area contributed by atoms with Crippen LogP contribution in [0.2, 0.25) is 0 Å². The molecule has 0 unspecified atom stereocenters. The summed E-state index contributed by atoms with van der Waals surface area (Å²) in [5.74, 6) is 2.53. The van der Waals surface area contributed by atoms with Gasteiger partial charge in [-0.05, 0) is 17.7 Å². The zero-order valence-corrected chi connectivity index (χ0v) is 12.9. The number of H-pyrrole nitrogens is 2. The second-order valence-corrected chi connectivity index (χ2v) is 5.89. The average molecular weight is 313 g/mol. The molecular weight excluding hydrogens is 296 g/mol. The minimum atomic E-state index is -0.165. The van der Waals surface area contributed by atoms with E-state index in [1.807, 2.05) is 36.6 Å². The van der Waals surface area contributed by atoms with Crippen molar-refractivity contribution in [3.8, 4) is 11.5 Å². The smallest absolute Gasteiger partial charge is 0.334 e. The third-order valence-electron chi connectivity index (χ3n) is 3.89. The Balaban J connectivity index is 1.77. The molecule has 0 spiro atoms. The molecule has 3 heterocycles. The number of fused-ring (bicyclic) bond motifs is 2. The fraction of sp³-hybridized carbons (Fsp3) is 0.312. The monoisotopic (exact) mass is 313 g/mol. The van der Waals surface area contributed by atoms with Crippen LogP contribution >= 0.6 is 0 Å². The highest BCUT2D eigenvalue weighted by atomic mass is 16.7. The SMILES string of the molecule is CC(C)c1nc2c([nH]1)c(=O)[nH]c[n+]2Cc1ccc2c(c1)OCO2. The van der Waals surface area contributed by atoms with Crippen LogP contribution in [-0.2, 0) is 6.54 Å².